The van der Waals surface area contributed by atoms with Crippen LogP contribution in [0.5, 0.6) is 0 Å². The maximum absolute atomic E-state index is 14.0. The number of carbonyl (C=O) groups excluding carboxylic acids is 1. The van der Waals surface area contributed by atoms with Crippen LogP contribution in [0.2, 0.25) is 0 Å². The van der Waals surface area contributed by atoms with Gasteiger partial charge in [-0.05, 0) is 37.6 Å². The number of amides is 2. The quantitative estimate of drug-likeness (QED) is 0.652. The van der Waals surface area contributed by atoms with Crippen molar-refractivity contribution in [3.05, 3.63) is 24.0 Å². The van der Waals surface area contributed by atoms with Crippen LogP contribution in [-0.2, 0) is 9.53 Å². The number of morpholine rings is 1. The van der Waals surface area contributed by atoms with Gasteiger partial charge in [-0.3, -0.25) is 9.69 Å². The molecule has 3 N–H and O–H groups in total. The minimum absolute atomic E-state index is 0.00763. The van der Waals surface area contributed by atoms with Gasteiger partial charge in [0.1, 0.15) is 5.82 Å². The first-order valence-electron chi connectivity index (χ1n) is 9.61. The summed E-state index contributed by atoms with van der Waals surface area (Å²) < 4.78 is 19.3. The van der Waals surface area contributed by atoms with Crippen molar-refractivity contribution in [2.75, 3.05) is 49.6 Å². The van der Waals surface area contributed by atoms with E-state index in [1.807, 2.05) is 16.7 Å². The summed E-state index contributed by atoms with van der Waals surface area (Å²) >= 11 is 0. The maximum Gasteiger partial charge on any atom is 0.319 e. The summed E-state index contributed by atoms with van der Waals surface area (Å²) in [6.07, 6.45) is 1.41. The van der Waals surface area contributed by atoms with E-state index in [1.165, 1.54) is 12.1 Å². The van der Waals surface area contributed by atoms with Gasteiger partial charge in [0.2, 0.25) is 0 Å². The number of ether oxygens (including phenoxy) is 1. The van der Waals surface area contributed by atoms with Gasteiger partial charge in [0.15, 0.2) is 0 Å². The fourth-order valence-corrected chi connectivity index (χ4v) is 3.68. The summed E-state index contributed by atoms with van der Waals surface area (Å²) in [5.74, 6) is -1.26. The highest BCUT2D eigenvalue weighted by molar-refractivity contribution is 5.90. The molecule has 0 spiro atoms. The Balaban J connectivity index is 1.50. The molecule has 3 rings (SSSR count). The predicted molar refractivity (Wildman–Crippen MR) is 103 cm³/mol. The second-order valence-electron chi connectivity index (χ2n) is 7.17. The molecule has 1 aliphatic heterocycles. The van der Waals surface area contributed by atoms with Crippen molar-refractivity contribution in [3.63, 3.8) is 0 Å². The zero-order chi connectivity index (χ0) is 20.1. The molecule has 28 heavy (non-hydrogen) atoms. The summed E-state index contributed by atoms with van der Waals surface area (Å²) in [5, 5.41) is 14.5. The molecule has 1 saturated carbocycles. The molecule has 8 nitrogen and oxygen atoms in total. The number of anilines is 2. The summed E-state index contributed by atoms with van der Waals surface area (Å²) in [5.41, 5.74) is 1.12. The zero-order valence-corrected chi connectivity index (χ0v) is 16.0. The first-order valence-corrected chi connectivity index (χ1v) is 9.61. The van der Waals surface area contributed by atoms with E-state index >= 15 is 0 Å². The van der Waals surface area contributed by atoms with Crippen LogP contribution in [0.25, 0.3) is 0 Å². The van der Waals surface area contributed by atoms with Crippen molar-refractivity contribution in [2.24, 2.45) is 0 Å². The Morgan fingerprint density at radius 1 is 1.29 bits per heavy atom. The van der Waals surface area contributed by atoms with E-state index in [2.05, 4.69) is 10.6 Å². The van der Waals surface area contributed by atoms with Gasteiger partial charge in [-0.15, -0.1) is 0 Å². The van der Waals surface area contributed by atoms with Crippen molar-refractivity contribution >= 4 is 23.4 Å². The third kappa shape index (κ3) is 5.32. The molecule has 0 unspecified atom stereocenters. The highest BCUT2D eigenvalue weighted by atomic mass is 19.1. The lowest BCUT2D eigenvalue weighted by Crippen LogP contribution is -2.55. The van der Waals surface area contributed by atoms with Crippen molar-refractivity contribution in [3.8, 4) is 0 Å². The van der Waals surface area contributed by atoms with Crippen LogP contribution in [-0.4, -0.2) is 73.5 Å². The van der Waals surface area contributed by atoms with Crippen molar-refractivity contribution in [2.45, 2.75) is 31.8 Å². The number of nitrogens with one attached hydrogen (secondary N) is 2. The highest BCUT2D eigenvalue weighted by Gasteiger charge is 2.34. The Labute approximate surface area is 163 Å². The van der Waals surface area contributed by atoms with E-state index in [-0.39, 0.29) is 24.7 Å². The minimum atomic E-state index is -0.849. The molecule has 2 aliphatic rings. The Morgan fingerprint density at radius 3 is 2.64 bits per heavy atom. The average molecular weight is 394 g/mol. The van der Waals surface area contributed by atoms with Crippen LogP contribution < -0.4 is 15.5 Å². The van der Waals surface area contributed by atoms with Gasteiger partial charge in [-0.2, -0.15) is 0 Å². The maximum atomic E-state index is 14.0. The van der Waals surface area contributed by atoms with Gasteiger partial charge in [0, 0.05) is 36.5 Å². The van der Waals surface area contributed by atoms with Crippen molar-refractivity contribution in [1.82, 2.24) is 10.2 Å². The number of hydrogen-bond donors (Lipinski definition) is 3. The Hall–Kier alpha value is -2.39. The zero-order valence-electron chi connectivity index (χ0n) is 16.0. The summed E-state index contributed by atoms with van der Waals surface area (Å²) in [4.78, 5) is 27.0. The number of carboxylic acids is 1. The van der Waals surface area contributed by atoms with E-state index in [0.29, 0.717) is 51.4 Å². The van der Waals surface area contributed by atoms with Crippen LogP contribution in [0, 0.1) is 5.82 Å². The van der Waals surface area contributed by atoms with Crippen molar-refractivity contribution < 1.29 is 23.8 Å². The van der Waals surface area contributed by atoms with Gasteiger partial charge in [0.25, 0.3) is 0 Å². The van der Waals surface area contributed by atoms with Crippen LogP contribution in [0.1, 0.15) is 19.8 Å². The van der Waals surface area contributed by atoms with Gasteiger partial charge in [0.05, 0.1) is 19.8 Å². The molecule has 0 atom stereocenters. The average Bonchev–Trinajstić information content (AvgIpc) is 2.62. The van der Waals surface area contributed by atoms with E-state index in [1.54, 1.807) is 6.07 Å². The molecule has 0 aromatic heterocycles. The molecule has 1 heterocycles. The molecule has 2 amide bonds. The third-order valence-electron chi connectivity index (χ3n) is 5.23. The molecular weight excluding hydrogens is 367 g/mol. The van der Waals surface area contributed by atoms with Crippen molar-refractivity contribution in [1.29, 1.82) is 0 Å². The predicted octanol–water partition coefficient (Wildman–Crippen LogP) is 1.72. The van der Waals surface area contributed by atoms with Crippen LogP contribution in [0.4, 0.5) is 20.6 Å². The molecule has 1 saturated heterocycles. The van der Waals surface area contributed by atoms with E-state index < -0.39 is 11.8 Å². The van der Waals surface area contributed by atoms with Crippen LogP contribution in [0.15, 0.2) is 18.2 Å². The number of rotatable bonds is 7. The molecule has 0 radical (unpaired) electrons. The van der Waals surface area contributed by atoms with Gasteiger partial charge >= 0.3 is 12.0 Å². The number of likely N-dealkylation sites (N-methyl/N-ethyl adjacent to an activating group) is 1. The topological polar surface area (TPSA) is 94.1 Å². The molecule has 1 aromatic carbocycles. The molecule has 9 heteroatoms. The fraction of sp³-hybridized carbons (Fsp3) is 0.579. The SMILES string of the molecule is CCN(CC(=O)O)C1CC(NC(=O)Nc2cc(F)cc(N3CCOCC3)c2)C1. The van der Waals surface area contributed by atoms with E-state index in [4.69, 9.17) is 9.84 Å². The normalized spacial score (nSPS) is 21.9. The van der Waals surface area contributed by atoms with Crippen LogP contribution in [0.3, 0.4) is 0 Å². The number of aliphatic carboxylic acids is 1. The molecular formula is C19H27FN4O4. The second kappa shape index (κ2) is 9.20. The third-order valence-corrected chi connectivity index (χ3v) is 5.23. The molecule has 1 aliphatic carbocycles. The molecule has 1 aromatic rings. The number of urea groups is 1. The number of halogens is 1. The lowest BCUT2D eigenvalue weighted by Gasteiger charge is -2.42. The van der Waals surface area contributed by atoms with E-state index in [9.17, 15) is 14.0 Å². The smallest absolute Gasteiger partial charge is 0.319 e. The minimum Gasteiger partial charge on any atom is -0.480 e. The summed E-state index contributed by atoms with van der Waals surface area (Å²) in [6, 6.07) is 4.26. The molecule has 2 fully saturated rings. The number of benzene rings is 1. The first kappa shape index (κ1) is 20.3. The van der Waals surface area contributed by atoms with Crippen LogP contribution >= 0.6 is 0 Å². The summed E-state index contributed by atoms with van der Waals surface area (Å²) in [7, 11) is 0. The Bertz CT molecular complexity index is 705. The second-order valence-corrected chi connectivity index (χ2v) is 7.17. The van der Waals surface area contributed by atoms with E-state index in [0.717, 1.165) is 5.69 Å². The summed E-state index contributed by atoms with van der Waals surface area (Å²) in [6.45, 7) is 5.15. The molecule has 0 bridgehead atoms. The standard InChI is InChI=1S/C19H27FN4O4/c1-2-23(12-18(25)26)17-10-15(11-17)22-19(27)21-14-7-13(20)8-16(9-14)24-3-5-28-6-4-24/h7-9,15,17H,2-6,10-12H2,1H3,(H,25,26)(H2,21,22,27). The monoisotopic (exact) mass is 394 g/mol. The number of carboxylic acid groups (broad SMARTS) is 1. The molecule has 154 valence electrons. The number of carbonyl (C=O) groups is 2. The largest absolute Gasteiger partial charge is 0.480 e. The number of nitrogens with zero attached hydrogens (tertiary/aromatic N) is 2. The van der Waals surface area contributed by atoms with Gasteiger partial charge < -0.3 is 25.4 Å². The Morgan fingerprint density at radius 2 is 2.00 bits per heavy atom. The first-order chi connectivity index (χ1) is 13.4. The lowest BCUT2D eigenvalue weighted by atomic mass is 9.85. The van der Waals surface area contributed by atoms with Gasteiger partial charge in [-0.1, -0.05) is 6.92 Å². The fourth-order valence-electron chi connectivity index (χ4n) is 3.68. The Kier molecular flexibility index (Phi) is 6.69. The lowest BCUT2D eigenvalue weighted by molar-refractivity contribution is -0.139. The highest BCUT2D eigenvalue weighted by Crippen LogP contribution is 2.26. The van der Waals surface area contributed by atoms with Gasteiger partial charge in [-0.25, -0.2) is 9.18 Å². The number of hydrogen-bond acceptors (Lipinski definition) is 5.